The van der Waals surface area contributed by atoms with Gasteiger partial charge in [0.1, 0.15) is 19.0 Å². The molecule has 1 aliphatic rings. The zero-order valence-electron chi connectivity index (χ0n) is 12.8. The van der Waals surface area contributed by atoms with Crippen LogP contribution in [0, 0.1) is 0 Å². The van der Waals surface area contributed by atoms with Crippen molar-refractivity contribution in [1.29, 1.82) is 0 Å². The Labute approximate surface area is 144 Å². The van der Waals surface area contributed by atoms with Gasteiger partial charge in [-0.25, -0.2) is 0 Å². The third-order valence-corrected chi connectivity index (χ3v) is 3.79. The van der Waals surface area contributed by atoms with Gasteiger partial charge in [0.15, 0.2) is 17.3 Å². The van der Waals surface area contributed by atoms with Gasteiger partial charge in [-0.2, -0.15) is 0 Å². The minimum absolute atomic E-state index is 0.0293. The fourth-order valence-corrected chi connectivity index (χ4v) is 2.45. The van der Waals surface area contributed by atoms with Crippen molar-refractivity contribution < 1.29 is 23.8 Å². The zero-order valence-corrected chi connectivity index (χ0v) is 13.5. The van der Waals surface area contributed by atoms with Gasteiger partial charge in [0.2, 0.25) is 0 Å². The zero-order chi connectivity index (χ0) is 16.9. The number of hydrogen-bond acceptors (Lipinski definition) is 5. The Morgan fingerprint density at radius 3 is 2.54 bits per heavy atom. The minimum Gasteiger partial charge on any atom is -0.486 e. The van der Waals surface area contributed by atoms with Gasteiger partial charge < -0.3 is 14.2 Å². The number of para-hydroxylation sites is 1. The van der Waals surface area contributed by atoms with Crippen molar-refractivity contribution in [3.05, 3.63) is 53.1 Å². The maximum atomic E-state index is 12.2. The van der Waals surface area contributed by atoms with Crippen molar-refractivity contribution >= 4 is 23.4 Å². The van der Waals surface area contributed by atoms with Crippen LogP contribution in [0.3, 0.4) is 0 Å². The van der Waals surface area contributed by atoms with Gasteiger partial charge in [0.05, 0.1) is 11.4 Å². The Morgan fingerprint density at radius 1 is 1.00 bits per heavy atom. The summed E-state index contributed by atoms with van der Waals surface area (Å²) in [5.74, 6) is 0.787. The van der Waals surface area contributed by atoms with Gasteiger partial charge in [0.25, 0.3) is 0 Å². The molecule has 0 saturated heterocycles. The Morgan fingerprint density at radius 2 is 1.75 bits per heavy atom. The van der Waals surface area contributed by atoms with E-state index in [1.165, 1.54) is 0 Å². The maximum absolute atomic E-state index is 12.2. The third-order valence-electron chi connectivity index (χ3n) is 3.48. The van der Waals surface area contributed by atoms with Crippen LogP contribution in [-0.4, -0.2) is 25.0 Å². The lowest BCUT2D eigenvalue weighted by Gasteiger charge is -2.18. The van der Waals surface area contributed by atoms with Crippen LogP contribution in [0.5, 0.6) is 17.2 Å². The fraction of sp³-hybridized carbons (Fsp3) is 0.222. The van der Waals surface area contributed by atoms with Gasteiger partial charge in [-0.3, -0.25) is 9.59 Å². The summed E-state index contributed by atoms with van der Waals surface area (Å²) >= 11 is 5.92. The summed E-state index contributed by atoms with van der Waals surface area (Å²) in [5, 5.41) is 0.351. The molecule has 0 radical (unpaired) electrons. The number of carbonyl (C=O) groups is 2. The molecule has 24 heavy (non-hydrogen) atoms. The van der Waals surface area contributed by atoms with Gasteiger partial charge in [-0.05, 0) is 30.3 Å². The van der Waals surface area contributed by atoms with E-state index >= 15 is 0 Å². The number of fused-ring (bicyclic) bond motifs is 1. The highest BCUT2D eigenvalue weighted by Crippen LogP contribution is 2.31. The van der Waals surface area contributed by atoms with E-state index in [1.54, 1.807) is 42.5 Å². The number of hydrogen-bond donors (Lipinski definition) is 0. The largest absolute Gasteiger partial charge is 0.486 e. The second-order valence-corrected chi connectivity index (χ2v) is 5.59. The molecule has 1 aliphatic heterocycles. The lowest BCUT2D eigenvalue weighted by atomic mass is 10.1. The first kappa shape index (κ1) is 16.3. The number of halogens is 1. The first-order valence-electron chi connectivity index (χ1n) is 7.51. The van der Waals surface area contributed by atoms with Crippen molar-refractivity contribution in [2.75, 3.05) is 13.2 Å². The van der Waals surface area contributed by atoms with Crippen LogP contribution in [0.25, 0.3) is 0 Å². The van der Waals surface area contributed by atoms with Gasteiger partial charge in [-0.1, -0.05) is 23.7 Å². The molecule has 0 N–H and O–H groups in total. The molecule has 2 aromatic rings. The molecule has 0 atom stereocenters. The van der Waals surface area contributed by atoms with Gasteiger partial charge in [0, 0.05) is 12.0 Å². The molecule has 2 aromatic carbocycles. The number of rotatable bonds is 5. The summed E-state index contributed by atoms with van der Waals surface area (Å²) in [4.78, 5) is 24.1. The van der Waals surface area contributed by atoms with E-state index in [2.05, 4.69) is 0 Å². The lowest BCUT2D eigenvalue weighted by Crippen LogP contribution is -2.16. The molecule has 0 aromatic heterocycles. The highest BCUT2D eigenvalue weighted by Gasteiger charge is 2.16. The van der Waals surface area contributed by atoms with Crippen LogP contribution >= 0.6 is 11.6 Å². The summed E-state index contributed by atoms with van der Waals surface area (Å²) in [6, 6.07) is 11.7. The normalized spacial score (nSPS) is 12.5. The molecule has 3 rings (SSSR count). The van der Waals surface area contributed by atoms with Gasteiger partial charge in [-0.15, -0.1) is 0 Å². The smallest absolute Gasteiger partial charge is 0.311 e. The molecule has 0 unspecified atom stereocenters. The monoisotopic (exact) mass is 346 g/mol. The van der Waals surface area contributed by atoms with E-state index in [1.807, 2.05) is 0 Å². The number of ketones is 1. The predicted molar refractivity (Wildman–Crippen MR) is 88.1 cm³/mol. The van der Waals surface area contributed by atoms with E-state index in [0.29, 0.717) is 35.3 Å². The molecule has 0 aliphatic carbocycles. The highest BCUT2D eigenvalue weighted by molar-refractivity contribution is 6.32. The standard InChI is InChI=1S/C18H15ClO5/c19-13-3-1-2-4-15(13)24-18(21)8-6-14(20)12-5-7-16-17(11-12)23-10-9-22-16/h1-5,7,11H,6,8-10H2. The lowest BCUT2D eigenvalue weighted by molar-refractivity contribution is -0.134. The minimum atomic E-state index is -0.506. The van der Waals surface area contributed by atoms with Crippen LogP contribution in [0.2, 0.25) is 5.02 Å². The molecule has 124 valence electrons. The topological polar surface area (TPSA) is 61.8 Å². The molecule has 0 spiro atoms. The van der Waals surface area contributed by atoms with Crippen molar-refractivity contribution in [3.8, 4) is 17.2 Å². The SMILES string of the molecule is O=C(CCC(=O)c1ccc2c(c1)OCCO2)Oc1ccccc1Cl. The second-order valence-electron chi connectivity index (χ2n) is 5.19. The quantitative estimate of drug-likeness (QED) is 0.469. The summed E-state index contributed by atoms with van der Waals surface area (Å²) < 4.78 is 16.0. The van der Waals surface area contributed by atoms with Crippen molar-refractivity contribution in [1.82, 2.24) is 0 Å². The van der Waals surface area contributed by atoms with Crippen LogP contribution in [-0.2, 0) is 4.79 Å². The molecular formula is C18H15ClO5. The Kier molecular flexibility index (Phi) is 5.01. The number of esters is 1. The van der Waals surface area contributed by atoms with Crippen LogP contribution in [0.4, 0.5) is 0 Å². The van der Waals surface area contributed by atoms with Crippen LogP contribution in [0.15, 0.2) is 42.5 Å². The number of carbonyl (C=O) groups excluding carboxylic acids is 2. The second kappa shape index (κ2) is 7.36. The number of Topliss-reactive ketones (excluding diaryl/α,β-unsaturated/α-hetero) is 1. The Bertz CT molecular complexity index is 772. The highest BCUT2D eigenvalue weighted by atomic mass is 35.5. The molecule has 0 fully saturated rings. The average molecular weight is 347 g/mol. The molecule has 5 nitrogen and oxygen atoms in total. The first-order valence-corrected chi connectivity index (χ1v) is 7.89. The molecule has 1 heterocycles. The third kappa shape index (κ3) is 3.86. The predicted octanol–water partition coefficient (Wildman–Crippen LogP) is 3.68. The van der Waals surface area contributed by atoms with Crippen LogP contribution < -0.4 is 14.2 Å². The molecular weight excluding hydrogens is 332 g/mol. The first-order chi connectivity index (χ1) is 11.6. The van der Waals surface area contributed by atoms with Crippen LogP contribution in [0.1, 0.15) is 23.2 Å². The molecule has 6 heteroatoms. The summed E-state index contributed by atoms with van der Waals surface area (Å²) in [6.07, 6.45) is 0.0153. The molecule has 0 bridgehead atoms. The average Bonchev–Trinajstić information content (AvgIpc) is 2.61. The summed E-state index contributed by atoms with van der Waals surface area (Å²) in [7, 11) is 0. The Hall–Kier alpha value is -2.53. The van der Waals surface area contributed by atoms with Gasteiger partial charge >= 0.3 is 5.97 Å². The van der Waals surface area contributed by atoms with Crippen molar-refractivity contribution in [3.63, 3.8) is 0 Å². The van der Waals surface area contributed by atoms with E-state index in [-0.39, 0.29) is 24.4 Å². The summed E-state index contributed by atoms with van der Waals surface area (Å²) in [6.45, 7) is 0.947. The summed E-state index contributed by atoms with van der Waals surface area (Å²) in [5.41, 5.74) is 0.477. The van der Waals surface area contributed by atoms with E-state index in [0.717, 1.165) is 0 Å². The number of benzene rings is 2. The van der Waals surface area contributed by atoms with Crippen molar-refractivity contribution in [2.24, 2.45) is 0 Å². The van der Waals surface area contributed by atoms with Crippen molar-refractivity contribution in [2.45, 2.75) is 12.8 Å². The molecule has 0 amide bonds. The molecule has 0 saturated carbocycles. The number of ether oxygens (including phenoxy) is 3. The maximum Gasteiger partial charge on any atom is 0.311 e. The van der Waals surface area contributed by atoms with E-state index < -0.39 is 5.97 Å². The fourth-order valence-electron chi connectivity index (χ4n) is 2.28. The Balaban J connectivity index is 1.57. The van der Waals surface area contributed by atoms with E-state index in [4.69, 9.17) is 25.8 Å². The van der Waals surface area contributed by atoms with E-state index in [9.17, 15) is 9.59 Å².